The number of amides is 1. The third-order valence-electron chi connectivity index (χ3n) is 1.81. The van der Waals surface area contributed by atoms with Gasteiger partial charge in [-0.25, -0.2) is 0 Å². The van der Waals surface area contributed by atoms with E-state index in [9.17, 15) is 14.9 Å². The second-order valence-electron chi connectivity index (χ2n) is 3.41. The molecule has 0 spiro atoms. The number of nitro benzene ring substituents is 1. The molecular formula is C10H10ClN3O3. The highest BCUT2D eigenvalue weighted by atomic mass is 35.5. The number of rotatable bonds is 3. The van der Waals surface area contributed by atoms with Crippen LogP contribution in [0.2, 0.25) is 5.02 Å². The zero-order chi connectivity index (χ0) is 13.0. The molecule has 0 saturated heterocycles. The molecule has 0 fully saturated rings. The molecule has 1 aromatic carbocycles. The summed E-state index contributed by atoms with van der Waals surface area (Å²) in [5.74, 6) is -0.618. The van der Waals surface area contributed by atoms with Crippen LogP contribution < -0.4 is 0 Å². The van der Waals surface area contributed by atoms with Gasteiger partial charge in [-0.05, 0) is 6.07 Å². The zero-order valence-corrected chi connectivity index (χ0v) is 10.0. The molecule has 0 radical (unpaired) electrons. The van der Waals surface area contributed by atoms with Crippen LogP contribution in [0.5, 0.6) is 0 Å². The van der Waals surface area contributed by atoms with Crippen LogP contribution >= 0.6 is 11.6 Å². The minimum absolute atomic E-state index is 0.0129. The van der Waals surface area contributed by atoms with Crippen LogP contribution in [0.4, 0.5) is 5.69 Å². The number of nitro groups is 1. The minimum atomic E-state index is -0.644. The molecule has 0 aromatic heterocycles. The Kier molecular flexibility index (Phi) is 4.17. The SMILES string of the molecule is CN(C)/C=N/C(=O)c1cccc([N+](=O)[O-])c1Cl. The lowest BCUT2D eigenvalue weighted by atomic mass is 10.2. The zero-order valence-electron chi connectivity index (χ0n) is 9.25. The molecule has 0 aliphatic rings. The lowest BCUT2D eigenvalue weighted by molar-refractivity contribution is -0.384. The summed E-state index contributed by atoms with van der Waals surface area (Å²) >= 11 is 5.76. The number of aliphatic imine (C=N–C) groups is 1. The highest BCUT2D eigenvalue weighted by Gasteiger charge is 2.19. The van der Waals surface area contributed by atoms with Crippen LogP contribution in [0, 0.1) is 10.1 Å². The first-order valence-electron chi connectivity index (χ1n) is 4.61. The van der Waals surface area contributed by atoms with Gasteiger partial charge < -0.3 is 4.90 Å². The molecule has 17 heavy (non-hydrogen) atoms. The molecule has 0 unspecified atom stereocenters. The number of halogens is 1. The van der Waals surface area contributed by atoms with E-state index in [1.807, 2.05) is 0 Å². The van der Waals surface area contributed by atoms with Gasteiger partial charge in [-0.3, -0.25) is 14.9 Å². The minimum Gasteiger partial charge on any atom is -0.369 e. The quantitative estimate of drug-likeness (QED) is 0.358. The Morgan fingerprint density at radius 2 is 2.18 bits per heavy atom. The van der Waals surface area contributed by atoms with E-state index in [4.69, 9.17) is 11.6 Å². The van der Waals surface area contributed by atoms with Gasteiger partial charge in [0.1, 0.15) is 5.02 Å². The van der Waals surface area contributed by atoms with E-state index in [1.54, 1.807) is 19.0 Å². The summed E-state index contributed by atoms with van der Waals surface area (Å²) in [6.07, 6.45) is 1.30. The number of hydrogen-bond donors (Lipinski definition) is 0. The molecule has 0 bridgehead atoms. The predicted molar refractivity (Wildman–Crippen MR) is 64.6 cm³/mol. The van der Waals surface area contributed by atoms with Crippen LogP contribution in [0.25, 0.3) is 0 Å². The highest BCUT2D eigenvalue weighted by molar-refractivity contribution is 6.36. The molecule has 0 N–H and O–H groups in total. The number of benzene rings is 1. The van der Waals surface area contributed by atoms with Crippen LogP contribution in [0.15, 0.2) is 23.2 Å². The summed E-state index contributed by atoms with van der Waals surface area (Å²) in [7, 11) is 3.40. The van der Waals surface area contributed by atoms with Crippen LogP contribution in [0.3, 0.4) is 0 Å². The first kappa shape index (κ1) is 13.1. The molecule has 0 aliphatic heterocycles. The van der Waals surface area contributed by atoms with Gasteiger partial charge >= 0.3 is 0 Å². The first-order valence-corrected chi connectivity index (χ1v) is 4.99. The Hall–Kier alpha value is -1.95. The van der Waals surface area contributed by atoms with Crippen molar-refractivity contribution in [2.24, 2.45) is 4.99 Å². The summed E-state index contributed by atoms with van der Waals surface area (Å²) in [4.78, 5) is 26.8. The smallest absolute Gasteiger partial charge is 0.288 e. The average molecular weight is 256 g/mol. The van der Waals surface area contributed by atoms with Crippen molar-refractivity contribution in [3.05, 3.63) is 38.9 Å². The van der Waals surface area contributed by atoms with Crippen LogP contribution in [-0.4, -0.2) is 36.2 Å². The Bertz CT molecular complexity index is 486. The maximum absolute atomic E-state index is 11.6. The number of nitrogens with zero attached hydrogens (tertiary/aromatic N) is 3. The Morgan fingerprint density at radius 3 is 2.71 bits per heavy atom. The van der Waals surface area contributed by atoms with E-state index >= 15 is 0 Å². The summed E-state index contributed by atoms with van der Waals surface area (Å²) in [6, 6.07) is 4.02. The molecule has 0 aliphatic carbocycles. The fourth-order valence-corrected chi connectivity index (χ4v) is 1.34. The van der Waals surface area contributed by atoms with Gasteiger partial charge in [0.15, 0.2) is 0 Å². The standard InChI is InChI=1S/C10H10ClN3O3/c1-13(2)6-12-10(15)7-4-3-5-8(9(7)11)14(16)17/h3-6H,1-2H3/b12-6+. The van der Waals surface area contributed by atoms with E-state index in [-0.39, 0.29) is 16.3 Å². The van der Waals surface area contributed by atoms with Gasteiger partial charge in [-0.15, -0.1) is 0 Å². The third-order valence-corrected chi connectivity index (χ3v) is 2.21. The Labute approximate surface area is 103 Å². The average Bonchev–Trinajstić information content (AvgIpc) is 2.25. The highest BCUT2D eigenvalue weighted by Crippen LogP contribution is 2.28. The van der Waals surface area contributed by atoms with E-state index in [1.165, 1.54) is 24.5 Å². The fraction of sp³-hybridized carbons (Fsp3) is 0.200. The summed E-state index contributed by atoms with van der Waals surface area (Å²) in [6.45, 7) is 0. The van der Waals surface area contributed by atoms with Crippen molar-refractivity contribution in [2.75, 3.05) is 14.1 Å². The van der Waals surface area contributed by atoms with Crippen molar-refractivity contribution < 1.29 is 9.72 Å². The van der Waals surface area contributed by atoms with Crippen molar-refractivity contribution in [3.63, 3.8) is 0 Å². The van der Waals surface area contributed by atoms with E-state index < -0.39 is 10.8 Å². The molecule has 0 atom stereocenters. The van der Waals surface area contributed by atoms with Crippen LogP contribution in [-0.2, 0) is 0 Å². The molecule has 0 saturated carbocycles. The van der Waals surface area contributed by atoms with Crippen molar-refractivity contribution >= 4 is 29.5 Å². The van der Waals surface area contributed by atoms with E-state index in [2.05, 4.69) is 4.99 Å². The van der Waals surface area contributed by atoms with Crippen molar-refractivity contribution in [3.8, 4) is 0 Å². The predicted octanol–water partition coefficient (Wildman–Crippen LogP) is 1.98. The van der Waals surface area contributed by atoms with Crippen molar-refractivity contribution in [1.82, 2.24) is 4.90 Å². The molecule has 0 heterocycles. The maximum Gasteiger partial charge on any atom is 0.288 e. The van der Waals surface area contributed by atoms with Gasteiger partial charge in [0.05, 0.1) is 16.8 Å². The fourth-order valence-electron chi connectivity index (χ4n) is 1.06. The molecule has 1 amide bonds. The monoisotopic (exact) mass is 255 g/mol. The summed E-state index contributed by atoms with van der Waals surface area (Å²) in [5.41, 5.74) is -0.295. The number of carbonyl (C=O) groups excluding carboxylic acids is 1. The largest absolute Gasteiger partial charge is 0.369 e. The second-order valence-corrected chi connectivity index (χ2v) is 3.79. The molecular weight excluding hydrogens is 246 g/mol. The second kappa shape index (κ2) is 5.40. The lowest BCUT2D eigenvalue weighted by Gasteiger charge is -2.03. The van der Waals surface area contributed by atoms with E-state index in [0.29, 0.717) is 0 Å². The molecule has 90 valence electrons. The normalized spacial score (nSPS) is 10.5. The first-order chi connectivity index (χ1) is 7.93. The molecule has 1 aromatic rings. The Morgan fingerprint density at radius 1 is 1.53 bits per heavy atom. The third kappa shape index (κ3) is 3.25. The molecule has 7 heteroatoms. The van der Waals surface area contributed by atoms with Gasteiger partial charge in [0, 0.05) is 20.2 Å². The van der Waals surface area contributed by atoms with E-state index in [0.717, 1.165) is 0 Å². The van der Waals surface area contributed by atoms with Gasteiger partial charge in [-0.2, -0.15) is 4.99 Å². The number of carbonyl (C=O) groups is 1. The van der Waals surface area contributed by atoms with Crippen LogP contribution in [0.1, 0.15) is 10.4 Å². The molecule has 1 rings (SSSR count). The Balaban J connectivity index is 3.11. The summed E-state index contributed by atoms with van der Waals surface area (Å²) in [5, 5.41) is 10.4. The molecule has 6 nitrogen and oxygen atoms in total. The topological polar surface area (TPSA) is 75.8 Å². The van der Waals surface area contributed by atoms with Crippen molar-refractivity contribution in [1.29, 1.82) is 0 Å². The van der Waals surface area contributed by atoms with Gasteiger partial charge in [0.2, 0.25) is 0 Å². The van der Waals surface area contributed by atoms with Crippen molar-refractivity contribution in [2.45, 2.75) is 0 Å². The maximum atomic E-state index is 11.6. The summed E-state index contributed by atoms with van der Waals surface area (Å²) < 4.78 is 0. The number of hydrogen-bond acceptors (Lipinski definition) is 3. The van der Waals surface area contributed by atoms with Gasteiger partial charge in [0.25, 0.3) is 11.6 Å². The van der Waals surface area contributed by atoms with Gasteiger partial charge in [-0.1, -0.05) is 17.7 Å². The lowest BCUT2D eigenvalue weighted by Crippen LogP contribution is -2.10.